The predicted molar refractivity (Wildman–Crippen MR) is 87.5 cm³/mol. The summed E-state index contributed by atoms with van der Waals surface area (Å²) in [5.41, 5.74) is 10.1. The molecule has 0 saturated carbocycles. The van der Waals surface area contributed by atoms with E-state index in [1.54, 1.807) is 12.4 Å². The van der Waals surface area contributed by atoms with Gasteiger partial charge in [0.15, 0.2) is 0 Å². The van der Waals surface area contributed by atoms with Crippen molar-refractivity contribution in [3.05, 3.63) is 53.9 Å². The Bertz CT molecular complexity index is 657. The molecule has 0 spiro atoms. The van der Waals surface area contributed by atoms with Crippen molar-refractivity contribution in [3.8, 4) is 0 Å². The number of rotatable bonds is 4. The number of nitrogen functional groups attached to an aromatic ring is 1. The summed E-state index contributed by atoms with van der Waals surface area (Å²) in [7, 11) is 0. The van der Waals surface area contributed by atoms with Gasteiger partial charge in [-0.15, -0.1) is 0 Å². The second-order valence-corrected chi connectivity index (χ2v) is 5.51. The zero-order valence-electron chi connectivity index (χ0n) is 12.5. The molecule has 1 aromatic carbocycles. The molecule has 3 N–H and O–H groups in total. The topological polar surface area (TPSA) is 71.2 Å². The molecule has 1 aromatic heterocycles. The highest BCUT2D eigenvalue weighted by molar-refractivity contribution is 5.82. The molecule has 0 saturated heterocycles. The number of amides is 1. The second kappa shape index (κ2) is 6.47. The fraction of sp³-hybridized carbons (Fsp3) is 0.294. The van der Waals surface area contributed by atoms with Gasteiger partial charge >= 0.3 is 0 Å². The highest BCUT2D eigenvalue weighted by Crippen LogP contribution is 2.30. The molecular formula is C17H20N4O. The molecule has 2 heterocycles. The van der Waals surface area contributed by atoms with Gasteiger partial charge < -0.3 is 16.0 Å². The van der Waals surface area contributed by atoms with Crippen molar-refractivity contribution in [1.29, 1.82) is 0 Å². The van der Waals surface area contributed by atoms with E-state index in [2.05, 4.69) is 15.2 Å². The quantitative estimate of drug-likeness (QED) is 0.843. The molecule has 0 radical (unpaired) electrons. The molecule has 5 nitrogen and oxygen atoms in total. The van der Waals surface area contributed by atoms with E-state index in [9.17, 15) is 4.79 Å². The summed E-state index contributed by atoms with van der Waals surface area (Å²) in [6.07, 6.45) is 5.49. The summed E-state index contributed by atoms with van der Waals surface area (Å²) in [6, 6.07) is 9.72. The first-order valence-corrected chi connectivity index (χ1v) is 7.52. The molecule has 3 rings (SSSR count). The van der Waals surface area contributed by atoms with Gasteiger partial charge in [0.2, 0.25) is 5.91 Å². The van der Waals surface area contributed by atoms with Gasteiger partial charge in [-0.05, 0) is 42.2 Å². The lowest BCUT2D eigenvalue weighted by Crippen LogP contribution is -2.39. The Hall–Kier alpha value is -2.56. The summed E-state index contributed by atoms with van der Waals surface area (Å²) in [4.78, 5) is 18.3. The van der Waals surface area contributed by atoms with E-state index in [1.807, 2.05) is 30.3 Å². The average Bonchev–Trinajstić information content (AvgIpc) is 2.55. The van der Waals surface area contributed by atoms with E-state index >= 15 is 0 Å². The summed E-state index contributed by atoms with van der Waals surface area (Å²) < 4.78 is 0. The Morgan fingerprint density at radius 2 is 2.23 bits per heavy atom. The van der Waals surface area contributed by atoms with E-state index in [-0.39, 0.29) is 5.91 Å². The predicted octanol–water partition coefficient (Wildman–Crippen LogP) is 1.73. The SMILES string of the molecule is Nc1cccc2c1CCCN2CC(=O)NCc1cccnc1. The monoisotopic (exact) mass is 296 g/mol. The number of benzene rings is 1. The molecule has 2 aromatic rings. The Balaban J connectivity index is 1.62. The third-order valence-electron chi connectivity index (χ3n) is 3.93. The maximum absolute atomic E-state index is 12.2. The van der Waals surface area contributed by atoms with Crippen molar-refractivity contribution in [2.24, 2.45) is 0 Å². The number of carbonyl (C=O) groups is 1. The number of nitrogens with one attached hydrogen (secondary N) is 1. The number of carbonyl (C=O) groups excluding carboxylic acids is 1. The van der Waals surface area contributed by atoms with Gasteiger partial charge in [0.25, 0.3) is 0 Å². The van der Waals surface area contributed by atoms with Crippen LogP contribution in [0.5, 0.6) is 0 Å². The number of hydrogen-bond donors (Lipinski definition) is 2. The maximum Gasteiger partial charge on any atom is 0.239 e. The molecule has 22 heavy (non-hydrogen) atoms. The first-order valence-electron chi connectivity index (χ1n) is 7.52. The fourth-order valence-electron chi connectivity index (χ4n) is 2.82. The lowest BCUT2D eigenvalue weighted by atomic mass is 10.00. The van der Waals surface area contributed by atoms with Crippen LogP contribution in [0.25, 0.3) is 0 Å². The van der Waals surface area contributed by atoms with Crippen molar-refractivity contribution in [1.82, 2.24) is 10.3 Å². The van der Waals surface area contributed by atoms with Gasteiger partial charge in [-0.1, -0.05) is 12.1 Å². The van der Waals surface area contributed by atoms with Gasteiger partial charge in [0, 0.05) is 36.9 Å². The fourth-order valence-corrected chi connectivity index (χ4v) is 2.82. The molecule has 0 unspecified atom stereocenters. The first-order chi connectivity index (χ1) is 10.7. The second-order valence-electron chi connectivity index (χ2n) is 5.51. The van der Waals surface area contributed by atoms with E-state index in [4.69, 9.17) is 5.73 Å². The van der Waals surface area contributed by atoms with Crippen LogP contribution in [0, 0.1) is 0 Å². The van der Waals surface area contributed by atoms with E-state index in [1.165, 1.54) is 0 Å². The molecule has 114 valence electrons. The largest absolute Gasteiger partial charge is 0.398 e. The lowest BCUT2D eigenvalue weighted by Gasteiger charge is -2.31. The van der Waals surface area contributed by atoms with Crippen molar-refractivity contribution < 1.29 is 4.79 Å². The molecule has 0 aliphatic carbocycles. The van der Waals surface area contributed by atoms with Crippen LogP contribution in [0.3, 0.4) is 0 Å². The number of hydrogen-bond acceptors (Lipinski definition) is 4. The zero-order chi connectivity index (χ0) is 15.4. The summed E-state index contributed by atoms with van der Waals surface area (Å²) >= 11 is 0. The number of aromatic nitrogens is 1. The minimum absolute atomic E-state index is 0.0131. The molecule has 1 aliphatic heterocycles. The Labute approximate surface area is 130 Å². The Kier molecular flexibility index (Phi) is 4.23. The van der Waals surface area contributed by atoms with Gasteiger partial charge in [-0.3, -0.25) is 9.78 Å². The number of fused-ring (bicyclic) bond motifs is 1. The maximum atomic E-state index is 12.2. The van der Waals surface area contributed by atoms with Crippen LogP contribution in [0.15, 0.2) is 42.7 Å². The van der Waals surface area contributed by atoms with Crippen LogP contribution < -0.4 is 16.0 Å². The van der Waals surface area contributed by atoms with Gasteiger partial charge in [0.05, 0.1) is 6.54 Å². The molecule has 0 bridgehead atoms. The minimum Gasteiger partial charge on any atom is -0.398 e. The summed E-state index contributed by atoms with van der Waals surface area (Å²) in [6.45, 7) is 1.75. The molecule has 1 amide bonds. The van der Waals surface area contributed by atoms with Crippen LogP contribution in [0.4, 0.5) is 11.4 Å². The number of anilines is 2. The molecule has 0 fully saturated rings. The van der Waals surface area contributed by atoms with Gasteiger partial charge in [0.1, 0.15) is 0 Å². The Morgan fingerprint density at radius 1 is 1.32 bits per heavy atom. The molecular weight excluding hydrogens is 276 g/mol. The third-order valence-corrected chi connectivity index (χ3v) is 3.93. The normalized spacial score (nSPS) is 13.5. The molecule has 1 aliphatic rings. The molecule has 0 atom stereocenters. The smallest absolute Gasteiger partial charge is 0.239 e. The first kappa shape index (κ1) is 14.4. The zero-order valence-corrected chi connectivity index (χ0v) is 12.5. The lowest BCUT2D eigenvalue weighted by molar-refractivity contribution is -0.119. The minimum atomic E-state index is 0.0131. The van der Waals surface area contributed by atoms with Crippen LogP contribution in [-0.4, -0.2) is 24.0 Å². The van der Waals surface area contributed by atoms with Gasteiger partial charge in [-0.2, -0.15) is 0 Å². The number of nitrogens with zero attached hydrogens (tertiary/aromatic N) is 2. The average molecular weight is 296 g/mol. The van der Waals surface area contributed by atoms with Crippen LogP contribution >= 0.6 is 0 Å². The van der Waals surface area contributed by atoms with Crippen LogP contribution in [-0.2, 0) is 17.8 Å². The van der Waals surface area contributed by atoms with Crippen LogP contribution in [0.1, 0.15) is 17.5 Å². The van der Waals surface area contributed by atoms with Crippen molar-refractivity contribution in [2.45, 2.75) is 19.4 Å². The Morgan fingerprint density at radius 3 is 3.05 bits per heavy atom. The number of pyridine rings is 1. The van der Waals surface area contributed by atoms with Gasteiger partial charge in [-0.25, -0.2) is 0 Å². The van der Waals surface area contributed by atoms with E-state index in [0.717, 1.165) is 41.9 Å². The van der Waals surface area contributed by atoms with E-state index < -0.39 is 0 Å². The van der Waals surface area contributed by atoms with Crippen LogP contribution in [0.2, 0.25) is 0 Å². The molecule has 5 heteroatoms. The third kappa shape index (κ3) is 3.19. The standard InChI is InChI=1S/C17H20N4O/c18-15-6-1-7-16-14(15)5-3-9-21(16)12-17(22)20-11-13-4-2-8-19-10-13/h1-2,4,6-8,10H,3,5,9,11-12,18H2,(H,20,22). The van der Waals surface area contributed by atoms with E-state index in [0.29, 0.717) is 13.1 Å². The highest BCUT2D eigenvalue weighted by Gasteiger charge is 2.20. The van der Waals surface area contributed by atoms with Crippen molar-refractivity contribution in [3.63, 3.8) is 0 Å². The summed E-state index contributed by atoms with van der Waals surface area (Å²) in [5.74, 6) is 0.0131. The van der Waals surface area contributed by atoms with Crippen molar-refractivity contribution in [2.75, 3.05) is 23.7 Å². The number of nitrogens with two attached hydrogens (primary N) is 1. The highest BCUT2D eigenvalue weighted by atomic mass is 16.2. The summed E-state index contributed by atoms with van der Waals surface area (Å²) in [5, 5.41) is 2.94. The van der Waals surface area contributed by atoms with Crippen molar-refractivity contribution >= 4 is 17.3 Å².